The molecule has 1 aromatic carbocycles. The van der Waals surface area contributed by atoms with Crippen molar-refractivity contribution < 1.29 is 4.79 Å². The van der Waals surface area contributed by atoms with E-state index in [9.17, 15) is 4.79 Å². The molecule has 0 aliphatic rings. The molecule has 0 bridgehead atoms. The molecular formula is C22H23N5OS3. The van der Waals surface area contributed by atoms with Crippen LogP contribution in [0.1, 0.15) is 30.3 Å². The highest BCUT2D eigenvalue weighted by molar-refractivity contribution is 7.99. The number of carbonyl (C=O) groups is 1. The van der Waals surface area contributed by atoms with E-state index in [1.54, 1.807) is 11.3 Å². The SMILES string of the molecule is Cc1ccc(-c2csc(NC(=O)CSc3nnc(-c4csc(C)c4)n3C(C)C)n2)cc1. The van der Waals surface area contributed by atoms with Crippen LogP contribution in [0.5, 0.6) is 0 Å². The lowest BCUT2D eigenvalue weighted by Crippen LogP contribution is -2.15. The second-order valence-corrected chi connectivity index (χ2v) is 10.4. The molecule has 31 heavy (non-hydrogen) atoms. The Kier molecular flexibility index (Phi) is 6.54. The molecule has 1 N–H and O–H groups in total. The van der Waals surface area contributed by atoms with Crippen LogP contribution in [-0.2, 0) is 4.79 Å². The van der Waals surface area contributed by atoms with Crippen molar-refractivity contribution in [2.45, 2.75) is 38.9 Å². The number of hydrogen-bond acceptors (Lipinski definition) is 7. The number of aromatic nitrogens is 4. The van der Waals surface area contributed by atoms with Crippen LogP contribution in [0.3, 0.4) is 0 Å². The van der Waals surface area contributed by atoms with Crippen LogP contribution in [0.2, 0.25) is 0 Å². The van der Waals surface area contributed by atoms with Crippen LogP contribution < -0.4 is 5.32 Å². The third-order valence-corrected chi connectivity index (χ3v) is 7.16. The molecule has 0 aliphatic carbocycles. The van der Waals surface area contributed by atoms with Gasteiger partial charge in [-0.25, -0.2) is 4.98 Å². The summed E-state index contributed by atoms with van der Waals surface area (Å²) in [5.41, 5.74) is 4.17. The van der Waals surface area contributed by atoms with Crippen molar-refractivity contribution in [3.05, 3.63) is 51.5 Å². The van der Waals surface area contributed by atoms with Crippen molar-refractivity contribution in [3.63, 3.8) is 0 Å². The minimum absolute atomic E-state index is 0.110. The lowest BCUT2D eigenvalue weighted by Gasteiger charge is -2.12. The van der Waals surface area contributed by atoms with E-state index in [1.165, 1.54) is 33.5 Å². The molecule has 0 spiro atoms. The van der Waals surface area contributed by atoms with Crippen molar-refractivity contribution >= 4 is 45.5 Å². The molecule has 0 fully saturated rings. The number of thiophene rings is 1. The topological polar surface area (TPSA) is 72.7 Å². The van der Waals surface area contributed by atoms with Crippen LogP contribution in [0.25, 0.3) is 22.6 Å². The van der Waals surface area contributed by atoms with Gasteiger partial charge in [0, 0.05) is 32.8 Å². The van der Waals surface area contributed by atoms with E-state index in [-0.39, 0.29) is 17.7 Å². The highest BCUT2D eigenvalue weighted by atomic mass is 32.2. The Morgan fingerprint density at radius 2 is 1.87 bits per heavy atom. The number of thioether (sulfide) groups is 1. The highest BCUT2D eigenvalue weighted by Crippen LogP contribution is 2.30. The predicted octanol–water partition coefficient (Wildman–Crippen LogP) is 6.06. The standard InChI is InChI=1S/C22H23N5OS3/c1-13(2)27-20(17-9-15(4)29-10-17)25-26-22(27)31-12-19(28)24-21-23-18(11-30-21)16-7-5-14(3)6-8-16/h5-11,13H,12H2,1-4H3,(H,23,24,28). The number of thiazole rings is 1. The third-order valence-electron chi connectivity index (χ3n) is 4.60. The Balaban J connectivity index is 1.41. The fourth-order valence-electron chi connectivity index (χ4n) is 3.07. The predicted molar refractivity (Wildman–Crippen MR) is 130 cm³/mol. The summed E-state index contributed by atoms with van der Waals surface area (Å²) >= 11 is 4.50. The van der Waals surface area contributed by atoms with Gasteiger partial charge in [-0.2, -0.15) is 0 Å². The molecule has 0 atom stereocenters. The summed E-state index contributed by atoms with van der Waals surface area (Å²) in [6.07, 6.45) is 0. The maximum Gasteiger partial charge on any atom is 0.236 e. The van der Waals surface area contributed by atoms with Gasteiger partial charge in [-0.1, -0.05) is 41.6 Å². The van der Waals surface area contributed by atoms with Gasteiger partial charge in [0.25, 0.3) is 0 Å². The van der Waals surface area contributed by atoms with Crippen LogP contribution in [0.15, 0.2) is 46.2 Å². The van der Waals surface area contributed by atoms with E-state index in [1.807, 2.05) is 17.5 Å². The van der Waals surface area contributed by atoms with Crippen LogP contribution >= 0.6 is 34.4 Å². The second kappa shape index (κ2) is 9.33. The van der Waals surface area contributed by atoms with Gasteiger partial charge in [0.15, 0.2) is 16.1 Å². The first-order chi connectivity index (χ1) is 14.9. The summed E-state index contributed by atoms with van der Waals surface area (Å²) in [5, 5.41) is 17.0. The van der Waals surface area contributed by atoms with Gasteiger partial charge in [0.2, 0.25) is 5.91 Å². The first-order valence-electron chi connectivity index (χ1n) is 9.86. The van der Waals surface area contributed by atoms with Gasteiger partial charge in [0.1, 0.15) is 0 Å². The van der Waals surface area contributed by atoms with Gasteiger partial charge in [-0.05, 0) is 33.8 Å². The van der Waals surface area contributed by atoms with Gasteiger partial charge < -0.3 is 5.32 Å². The van der Waals surface area contributed by atoms with Crippen LogP contribution in [0, 0.1) is 13.8 Å². The summed E-state index contributed by atoms with van der Waals surface area (Å²) in [6.45, 7) is 8.32. The van der Waals surface area contributed by atoms with E-state index in [2.05, 4.69) is 76.3 Å². The Morgan fingerprint density at radius 3 is 2.55 bits per heavy atom. The normalized spacial score (nSPS) is 11.3. The zero-order chi connectivity index (χ0) is 22.0. The summed E-state index contributed by atoms with van der Waals surface area (Å²) in [5.74, 6) is 0.971. The van der Waals surface area contributed by atoms with Crippen molar-refractivity contribution in [1.29, 1.82) is 0 Å². The molecule has 4 rings (SSSR count). The largest absolute Gasteiger partial charge is 0.301 e. The van der Waals surface area contributed by atoms with Crippen LogP contribution in [0.4, 0.5) is 5.13 Å². The maximum atomic E-state index is 12.5. The molecule has 0 radical (unpaired) electrons. The number of nitrogens with one attached hydrogen (secondary N) is 1. The van der Waals surface area contributed by atoms with Gasteiger partial charge in [-0.15, -0.1) is 32.9 Å². The monoisotopic (exact) mass is 469 g/mol. The van der Waals surface area contributed by atoms with Crippen molar-refractivity contribution in [3.8, 4) is 22.6 Å². The molecule has 160 valence electrons. The lowest BCUT2D eigenvalue weighted by molar-refractivity contribution is -0.113. The summed E-state index contributed by atoms with van der Waals surface area (Å²) in [6, 6.07) is 10.5. The van der Waals surface area contributed by atoms with E-state index in [0.717, 1.165) is 27.8 Å². The zero-order valence-corrected chi connectivity index (χ0v) is 20.2. The fraction of sp³-hybridized carbons (Fsp3) is 0.273. The Bertz CT molecular complexity index is 1190. The van der Waals surface area contributed by atoms with Gasteiger partial charge in [0.05, 0.1) is 11.4 Å². The number of anilines is 1. The minimum atomic E-state index is -0.110. The van der Waals surface area contributed by atoms with Crippen molar-refractivity contribution in [2.75, 3.05) is 11.1 Å². The van der Waals surface area contributed by atoms with E-state index >= 15 is 0 Å². The molecular weight excluding hydrogens is 446 g/mol. The van der Waals surface area contributed by atoms with Crippen molar-refractivity contribution in [2.24, 2.45) is 0 Å². The third kappa shape index (κ3) is 5.06. The molecule has 4 aromatic rings. The summed E-state index contributed by atoms with van der Waals surface area (Å²) in [4.78, 5) is 18.3. The quantitative estimate of drug-likeness (QED) is 0.333. The second-order valence-electron chi connectivity index (χ2n) is 7.46. The smallest absolute Gasteiger partial charge is 0.236 e. The molecule has 0 saturated heterocycles. The van der Waals surface area contributed by atoms with Gasteiger partial charge in [-0.3, -0.25) is 9.36 Å². The van der Waals surface area contributed by atoms with Crippen molar-refractivity contribution in [1.82, 2.24) is 19.7 Å². The fourth-order valence-corrected chi connectivity index (χ4v) is 5.36. The number of benzene rings is 1. The van der Waals surface area contributed by atoms with Gasteiger partial charge >= 0.3 is 0 Å². The first kappa shape index (κ1) is 21.7. The summed E-state index contributed by atoms with van der Waals surface area (Å²) in [7, 11) is 0. The lowest BCUT2D eigenvalue weighted by atomic mass is 10.1. The van der Waals surface area contributed by atoms with E-state index < -0.39 is 0 Å². The molecule has 3 heterocycles. The average Bonchev–Trinajstić information content (AvgIpc) is 3.46. The van der Waals surface area contributed by atoms with E-state index in [0.29, 0.717) is 5.13 Å². The Hall–Kier alpha value is -2.49. The number of amides is 1. The first-order valence-corrected chi connectivity index (χ1v) is 12.6. The van der Waals surface area contributed by atoms with Crippen LogP contribution in [-0.4, -0.2) is 31.4 Å². The molecule has 1 amide bonds. The number of nitrogens with zero attached hydrogens (tertiary/aromatic N) is 4. The maximum absolute atomic E-state index is 12.5. The number of hydrogen-bond donors (Lipinski definition) is 1. The number of aryl methyl sites for hydroxylation is 2. The molecule has 0 unspecified atom stereocenters. The minimum Gasteiger partial charge on any atom is -0.301 e. The highest BCUT2D eigenvalue weighted by Gasteiger charge is 2.19. The zero-order valence-electron chi connectivity index (χ0n) is 17.7. The molecule has 0 saturated carbocycles. The number of carbonyl (C=O) groups excluding carboxylic acids is 1. The molecule has 0 aliphatic heterocycles. The molecule has 9 heteroatoms. The molecule has 3 aromatic heterocycles. The van der Waals surface area contributed by atoms with E-state index in [4.69, 9.17) is 0 Å². The average molecular weight is 470 g/mol. The number of rotatable bonds is 7. The Morgan fingerprint density at radius 1 is 1.10 bits per heavy atom. The molecule has 6 nitrogen and oxygen atoms in total. The Labute approximate surface area is 193 Å². The summed E-state index contributed by atoms with van der Waals surface area (Å²) < 4.78 is 2.08.